The third-order valence-electron chi connectivity index (χ3n) is 6.40. The highest BCUT2D eigenvalue weighted by Crippen LogP contribution is 2.40. The minimum atomic E-state index is -4.51. The molecule has 170 valence electrons. The summed E-state index contributed by atoms with van der Waals surface area (Å²) in [4.78, 5) is 4.44. The van der Waals surface area contributed by atoms with Crippen LogP contribution in [0.3, 0.4) is 0 Å². The highest BCUT2D eigenvalue weighted by atomic mass is 19.4. The predicted molar refractivity (Wildman–Crippen MR) is 133 cm³/mol. The molecule has 0 radical (unpaired) electrons. The Balaban J connectivity index is 1.60. The molecule has 0 spiro atoms. The van der Waals surface area contributed by atoms with Gasteiger partial charge in [0.1, 0.15) is 5.82 Å². The summed E-state index contributed by atoms with van der Waals surface area (Å²) >= 11 is 0. The van der Waals surface area contributed by atoms with E-state index >= 15 is 4.39 Å². The lowest BCUT2D eigenvalue weighted by Crippen LogP contribution is -2.06. The van der Waals surface area contributed by atoms with Crippen LogP contribution in [0.2, 0.25) is 0 Å². The molecule has 1 aromatic heterocycles. The minimum absolute atomic E-state index is 0.143. The van der Waals surface area contributed by atoms with Gasteiger partial charge in [-0.05, 0) is 45.3 Å². The fraction of sp³-hybridized carbons (Fsp3) is 0.0333. The standard InChI is InChI=1S/C30H17F4N/c31-28-22(18-6-2-1-3-7-18)10-11-23-24-14-15-35-29(26(24)13-12-25(23)28)20-16-19-8-4-5-9-21(19)27(17-20)30(32,33)34/h1-17H. The van der Waals surface area contributed by atoms with Gasteiger partial charge in [-0.25, -0.2) is 4.39 Å². The van der Waals surface area contributed by atoms with Crippen molar-refractivity contribution in [1.29, 1.82) is 0 Å². The van der Waals surface area contributed by atoms with Gasteiger partial charge in [0.25, 0.3) is 0 Å². The summed E-state index contributed by atoms with van der Waals surface area (Å²) in [6.45, 7) is 0. The van der Waals surface area contributed by atoms with Crippen molar-refractivity contribution in [3.8, 4) is 22.4 Å². The largest absolute Gasteiger partial charge is 0.417 e. The van der Waals surface area contributed by atoms with E-state index in [0.717, 1.165) is 17.0 Å². The lowest BCUT2D eigenvalue weighted by Gasteiger charge is -2.15. The van der Waals surface area contributed by atoms with E-state index in [4.69, 9.17) is 0 Å². The number of fused-ring (bicyclic) bond motifs is 4. The summed E-state index contributed by atoms with van der Waals surface area (Å²) in [6.07, 6.45) is -2.95. The van der Waals surface area contributed by atoms with Gasteiger partial charge in [0, 0.05) is 28.1 Å². The van der Waals surface area contributed by atoms with Gasteiger partial charge in [-0.3, -0.25) is 4.98 Å². The quantitative estimate of drug-likeness (QED) is 0.183. The van der Waals surface area contributed by atoms with E-state index in [9.17, 15) is 13.2 Å². The molecule has 1 heterocycles. The molecule has 6 aromatic rings. The molecule has 5 aromatic carbocycles. The molecular formula is C30H17F4N. The van der Waals surface area contributed by atoms with Crippen molar-refractivity contribution in [3.63, 3.8) is 0 Å². The van der Waals surface area contributed by atoms with Crippen LogP contribution in [0.1, 0.15) is 5.56 Å². The molecule has 0 bridgehead atoms. The first-order valence-corrected chi connectivity index (χ1v) is 11.1. The molecule has 0 amide bonds. The smallest absolute Gasteiger partial charge is 0.256 e. The van der Waals surface area contributed by atoms with E-state index in [-0.39, 0.29) is 11.2 Å². The molecule has 5 heteroatoms. The molecule has 0 unspecified atom stereocenters. The van der Waals surface area contributed by atoms with Crippen molar-refractivity contribution in [3.05, 3.63) is 115 Å². The second-order valence-electron chi connectivity index (χ2n) is 8.45. The fourth-order valence-electron chi connectivity index (χ4n) is 4.79. The van der Waals surface area contributed by atoms with Crippen molar-refractivity contribution < 1.29 is 17.6 Å². The Labute approximate surface area is 198 Å². The van der Waals surface area contributed by atoms with E-state index in [1.807, 2.05) is 36.4 Å². The van der Waals surface area contributed by atoms with E-state index in [0.29, 0.717) is 38.4 Å². The molecule has 0 aliphatic carbocycles. The second kappa shape index (κ2) is 7.91. The average Bonchev–Trinajstić information content (AvgIpc) is 2.87. The number of benzene rings is 5. The van der Waals surface area contributed by atoms with Crippen LogP contribution in [0.15, 0.2) is 103 Å². The molecule has 1 nitrogen and oxygen atoms in total. The maximum Gasteiger partial charge on any atom is 0.417 e. The fourth-order valence-corrected chi connectivity index (χ4v) is 4.79. The summed E-state index contributed by atoms with van der Waals surface area (Å²) in [6, 6.07) is 27.4. The molecule has 0 atom stereocenters. The van der Waals surface area contributed by atoms with E-state index < -0.39 is 11.7 Å². The molecule has 0 saturated heterocycles. The number of alkyl halides is 3. The lowest BCUT2D eigenvalue weighted by atomic mass is 9.93. The van der Waals surface area contributed by atoms with Crippen LogP contribution in [-0.4, -0.2) is 4.98 Å². The van der Waals surface area contributed by atoms with Gasteiger partial charge in [0.05, 0.1) is 11.3 Å². The number of hydrogen-bond acceptors (Lipinski definition) is 1. The van der Waals surface area contributed by atoms with Gasteiger partial charge in [-0.15, -0.1) is 0 Å². The van der Waals surface area contributed by atoms with Crippen molar-refractivity contribution in [2.75, 3.05) is 0 Å². The Bertz CT molecular complexity index is 1740. The summed E-state index contributed by atoms with van der Waals surface area (Å²) in [5.41, 5.74) is 1.36. The topological polar surface area (TPSA) is 12.9 Å². The van der Waals surface area contributed by atoms with Crippen LogP contribution in [-0.2, 0) is 6.18 Å². The Morgan fingerprint density at radius 1 is 0.571 bits per heavy atom. The van der Waals surface area contributed by atoms with Crippen LogP contribution < -0.4 is 0 Å². The first kappa shape index (κ1) is 21.3. The van der Waals surface area contributed by atoms with Crippen LogP contribution in [0.5, 0.6) is 0 Å². The lowest BCUT2D eigenvalue weighted by molar-refractivity contribution is -0.136. The molecular weight excluding hydrogens is 450 g/mol. The molecule has 0 aliphatic heterocycles. The summed E-state index contributed by atoms with van der Waals surface area (Å²) in [7, 11) is 0. The molecule has 0 saturated carbocycles. The van der Waals surface area contributed by atoms with Crippen molar-refractivity contribution >= 4 is 32.3 Å². The number of aromatic nitrogens is 1. The Morgan fingerprint density at radius 3 is 2.06 bits per heavy atom. The zero-order valence-corrected chi connectivity index (χ0v) is 18.3. The number of hydrogen-bond donors (Lipinski definition) is 0. The van der Waals surface area contributed by atoms with Crippen LogP contribution in [0, 0.1) is 5.82 Å². The SMILES string of the molecule is Fc1c(-c2ccccc2)ccc2c1ccc1c(-c3cc(C(F)(F)F)c4ccccc4c3)nccc12. The highest BCUT2D eigenvalue weighted by molar-refractivity contribution is 6.12. The summed E-state index contributed by atoms with van der Waals surface area (Å²) in [5, 5.41) is 3.15. The van der Waals surface area contributed by atoms with Crippen LogP contribution >= 0.6 is 0 Å². The van der Waals surface area contributed by atoms with Gasteiger partial charge < -0.3 is 0 Å². The highest BCUT2D eigenvalue weighted by Gasteiger charge is 2.33. The summed E-state index contributed by atoms with van der Waals surface area (Å²) < 4.78 is 57.2. The van der Waals surface area contributed by atoms with Gasteiger partial charge in [-0.1, -0.05) is 78.9 Å². The Hall–Kier alpha value is -4.25. The predicted octanol–water partition coefficient (Wildman–Crippen LogP) is 9.03. The first-order chi connectivity index (χ1) is 16.9. The average molecular weight is 467 g/mol. The monoisotopic (exact) mass is 467 g/mol. The Kier molecular flexibility index (Phi) is 4.81. The maximum atomic E-state index is 15.5. The summed E-state index contributed by atoms with van der Waals surface area (Å²) in [5.74, 6) is -0.334. The number of rotatable bonds is 2. The molecule has 0 fully saturated rings. The van der Waals surface area contributed by atoms with Gasteiger partial charge >= 0.3 is 6.18 Å². The molecule has 6 rings (SSSR count). The van der Waals surface area contributed by atoms with E-state index in [2.05, 4.69) is 4.98 Å². The number of nitrogens with zero attached hydrogens (tertiary/aromatic N) is 1. The number of pyridine rings is 1. The van der Waals surface area contributed by atoms with E-state index in [1.54, 1.807) is 54.7 Å². The van der Waals surface area contributed by atoms with Crippen LogP contribution in [0.25, 0.3) is 54.7 Å². The first-order valence-electron chi connectivity index (χ1n) is 11.1. The van der Waals surface area contributed by atoms with E-state index in [1.165, 1.54) is 6.07 Å². The molecule has 0 N–H and O–H groups in total. The maximum absolute atomic E-state index is 15.5. The van der Waals surface area contributed by atoms with Crippen LogP contribution in [0.4, 0.5) is 17.6 Å². The molecule has 0 aliphatic rings. The van der Waals surface area contributed by atoms with Gasteiger partial charge in [0.2, 0.25) is 0 Å². The zero-order chi connectivity index (χ0) is 24.2. The second-order valence-corrected chi connectivity index (χ2v) is 8.45. The van der Waals surface area contributed by atoms with Gasteiger partial charge in [0.15, 0.2) is 0 Å². The Morgan fingerprint density at radius 2 is 1.26 bits per heavy atom. The van der Waals surface area contributed by atoms with Crippen molar-refractivity contribution in [2.45, 2.75) is 6.18 Å². The third kappa shape index (κ3) is 3.51. The number of halogens is 4. The minimum Gasteiger partial charge on any atom is -0.256 e. The third-order valence-corrected chi connectivity index (χ3v) is 6.40. The van der Waals surface area contributed by atoms with Crippen molar-refractivity contribution in [1.82, 2.24) is 4.98 Å². The van der Waals surface area contributed by atoms with Gasteiger partial charge in [-0.2, -0.15) is 13.2 Å². The van der Waals surface area contributed by atoms with Crippen molar-refractivity contribution in [2.24, 2.45) is 0 Å². The normalized spacial score (nSPS) is 12.0. The molecule has 35 heavy (non-hydrogen) atoms. The zero-order valence-electron chi connectivity index (χ0n) is 18.3.